The van der Waals surface area contributed by atoms with Crippen LogP contribution in [0.3, 0.4) is 0 Å². The Morgan fingerprint density at radius 1 is 1.30 bits per heavy atom. The largest absolute Gasteiger partial charge is 0.478 e. The quantitative estimate of drug-likeness (QED) is 0.789. The number of benzene rings is 1. The first kappa shape index (κ1) is 14.5. The lowest BCUT2D eigenvalue weighted by Crippen LogP contribution is -2.40. The van der Waals surface area contributed by atoms with Crippen molar-refractivity contribution in [2.45, 2.75) is 31.7 Å². The maximum atomic E-state index is 13.1. The first-order valence-electron chi connectivity index (χ1n) is 6.58. The van der Waals surface area contributed by atoms with Crippen LogP contribution in [-0.4, -0.2) is 23.0 Å². The molecule has 1 aromatic rings. The summed E-state index contributed by atoms with van der Waals surface area (Å²) in [7, 11) is 0. The fourth-order valence-electron chi connectivity index (χ4n) is 2.51. The molecule has 4 N–H and O–H groups in total. The summed E-state index contributed by atoms with van der Waals surface area (Å²) in [5.74, 6) is -2.57. The number of hydrogen-bond acceptors (Lipinski definition) is 3. The van der Waals surface area contributed by atoms with Crippen molar-refractivity contribution in [3.8, 4) is 0 Å². The van der Waals surface area contributed by atoms with E-state index in [9.17, 15) is 14.0 Å². The van der Waals surface area contributed by atoms with Crippen molar-refractivity contribution in [2.24, 2.45) is 11.7 Å². The molecule has 1 fully saturated rings. The number of nitrogens with two attached hydrogens (primary N) is 1. The van der Waals surface area contributed by atoms with Gasteiger partial charge in [0, 0.05) is 6.04 Å². The second-order valence-corrected chi connectivity index (χ2v) is 5.04. The van der Waals surface area contributed by atoms with Crippen LogP contribution < -0.4 is 11.1 Å². The molecule has 0 radical (unpaired) electrons. The van der Waals surface area contributed by atoms with Gasteiger partial charge in [-0.2, -0.15) is 0 Å². The van der Waals surface area contributed by atoms with Crippen LogP contribution in [0, 0.1) is 11.7 Å². The van der Waals surface area contributed by atoms with Gasteiger partial charge in [-0.3, -0.25) is 4.79 Å². The Hall–Kier alpha value is -1.95. The summed E-state index contributed by atoms with van der Waals surface area (Å²) >= 11 is 0. The molecule has 1 aromatic carbocycles. The summed E-state index contributed by atoms with van der Waals surface area (Å²) in [4.78, 5) is 23.2. The zero-order chi connectivity index (χ0) is 14.7. The molecule has 20 heavy (non-hydrogen) atoms. The van der Waals surface area contributed by atoms with Gasteiger partial charge in [0.05, 0.1) is 17.2 Å². The molecule has 2 rings (SSSR count). The van der Waals surface area contributed by atoms with Crippen molar-refractivity contribution in [1.29, 1.82) is 0 Å². The summed E-state index contributed by atoms with van der Waals surface area (Å²) in [6.45, 7) is 0. The van der Waals surface area contributed by atoms with E-state index in [0.717, 1.165) is 31.4 Å². The van der Waals surface area contributed by atoms with Crippen LogP contribution >= 0.6 is 0 Å². The van der Waals surface area contributed by atoms with E-state index >= 15 is 0 Å². The van der Waals surface area contributed by atoms with E-state index < -0.39 is 11.8 Å². The van der Waals surface area contributed by atoms with E-state index in [2.05, 4.69) is 5.32 Å². The number of anilines is 1. The second kappa shape index (κ2) is 6.00. The van der Waals surface area contributed by atoms with E-state index in [1.807, 2.05) is 0 Å². The highest BCUT2D eigenvalue weighted by atomic mass is 19.1. The number of aromatic carboxylic acids is 1. The van der Waals surface area contributed by atoms with Crippen molar-refractivity contribution in [1.82, 2.24) is 0 Å². The molecule has 0 bridgehead atoms. The molecule has 0 aromatic heterocycles. The van der Waals surface area contributed by atoms with Crippen LogP contribution in [0.5, 0.6) is 0 Å². The molecule has 1 saturated carbocycles. The summed E-state index contributed by atoms with van der Waals surface area (Å²) < 4.78 is 13.1. The molecular weight excluding hydrogens is 263 g/mol. The predicted octanol–water partition coefficient (Wildman–Crippen LogP) is 1.98. The number of hydrogen-bond donors (Lipinski definition) is 3. The Morgan fingerprint density at radius 3 is 2.65 bits per heavy atom. The average molecular weight is 280 g/mol. The first-order valence-corrected chi connectivity index (χ1v) is 6.58. The number of nitrogens with one attached hydrogen (secondary N) is 1. The Bertz CT molecular complexity index is 533. The highest BCUT2D eigenvalue weighted by Crippen LogP contribution is 2.25. The summed E-state index contributed by atoms with van der Waals surface area (Å²) in [5.41, 5.74) is 5.76. The van der Waals surface area contributed by atoms with E-state index in [4.69, 9.17) is 10.8 Å². The first-order chi connectivity index (χ1) is 9.49. The number of halogens is 1. The van der Waals surface area contributed by atoms with Gasteiger partial charge in [-0.1, -0.05) is 12.8 Å². The van der Waals surface area contributed by atoms with Gasteiger partial charge in [-0.15, -0.1) is 0 Å². The van der Waals surface area contributed by atoms with Crippen molar-refractivity contribution in [3.63, 3.8) is 0 Å². The molecule has 1 amide bonds. The minimum atomic E-state index is -1.28. The molecule has 1 aliphatic carbocycles. The summed E-state index contributed by atoms with van der Waals surface area (Å²) in [6, 6.07) is 3.05. The van der Waals surface area contributed by atoms with Crippen LogP contribution in [0.1, 0.15) is 36.0 Å². The predicted molar refractivity (Wildman–Crippen MR) is 71.9 cm³/mol. The average Bonchev–Trinajstić information content (AvgIpc) is 2.41. The number of carbonyl (C=O) groups excluding carboxylic acids is 1. The number of carboxylic acids is 1. The Kier molecular flexibility index (Phi) is 4.34. The van der Waals surface area contributed by atoms with Gasteiger partial charge < -0.3 is 16.2 Å². The number of carbonyl (C=O) groups is 2. The Morgan fingerprint density at radius 2 is 2.00 bits per heavy atom. The summed E-state index contributed by atoms with van der Waals surface area (Å²) in [5, 5.41) is 11.6. The number of amides is 1. The third kappa shape index (κ3) is 3.14. The normalized spacial score (nSPS) is 22.3. The van der Waals surface area contributed by atoms with Gasteiger partial charge in [-0.05, 0) is 31.0 Å². The molecule has 1 aliphatic rings. The zero-order valence-electron chi connectivity index (χ0n) is 10.9. The van der Waals surface area contributed by atoms with Gasteiger partial charge in [-0.25, -0.2) is 9.18 Å². The lowest BCUT2D eigenvalue weighted by atomic mass is 9.84. The SMILES string of the molecule is NC1CCCCC1C(=O)Nc1ccc(F)cc1C(=O)O. The molecule has 0 saturated heterocycles. The lowest BCUT2D eigenvalue weighted by Gasteiger charge is -2.27. The fraction of sp³-hybridized carbons (Fsp3) is 0.429. The monoisotopic (exact) mass is 280 g/mol. The van der Waals surface area contributed by atoms with Gasteiger partial charge in [0.1, 0.15) is 5.82 Å². The molecule has 0 spiro atoms. The van der Waals surface area contributed by atoms with Crippen molar-refractivity contribution in [3.05, 3.63) is 29.6 Å². The molecule has 6 heteroatoms. The minimum Gasteiger partial charge on any atom is -0.478 e. The van der Waals surface area contributed by atoms with Gasteiger partial charge in [0.15, 0.2) is 0 Å². The molecule has 2 unspecified atom stereocenters. The molecule has 0 heterocycles. The Balaban J connectivity index is 2.17. The minimum absolute atomic E-state index is 0.0988. The van der Waals surface area contributed by atoms with Crippen molar-refractivity contribution >= 4 is 17.6 Å². The smallest absolute Gasteiger partial charge is 0.337 e. The molecule has 5 nitrogen and oxygen atoms in total. The highest BCUT2D eigenvalue weighted by Gasteiger charge is 2.29. The van der Waals surface area contributed by atoms with E-state index in [1.165, 1.54) is 6.07 Å². The molecule has 0 aliphatic heterocycles. The lowest BCUT2D eigenvalue weighted by molar-refractivity contribution is -0.121. The molecular formula is C14H17FN2O3. The second-order valence-electron chi connectivity index (χ2n) is 5.04. The third-order valence-corrected chi connectivity index (χ3v) is 3.63. The number of rotatable bonds is 3. The van der Waals surface area contributed by atoms with Gasteiger partial charge in [0.2, 0.25) is 5.91 Å². The van der Waals surface area contributed by atoms with Crippen molar-refractivity contribution < 1.29 is 19.1 Å². The van der Waals surface area contributed by atoms with E-state index in [-0.39, 0.29) is 29.1 Å². The third-order valence-electron chi connectivity index (χ3n) is 3.63. The van der Waals surface area contributed by atoms with Crippen molar-refractivity contribution in [2.75, 3.05) is 5.32 Å². The van der Waals surface area contributed by atoms with Crippen LogP contribution in [0.25, 0.3) is 0 Å². The highest BCUT2D eigenvalue weighted by molar-refractivity contribution is 6.01. The van der Waals surface area contributed by atoms with Gasteiger partial charge >= 0.3 is 5.97 Å². The number of carboxylic acid groups (broad SMARTS) is 1. The standard InChI is InChI=1S/C14H17FN2O3/c15-8-5-6-12(10(7-8)14(19)20)17-13(18)9-3-1-2-4-11(9)16/h5-7,9,11H,1-4,16H2,(H,17,18)(H,19,20). The van der Waals surface area contributed by atoms with E-state index in [1.54, 1.807) is 0 Å². The van der Waals surface area contributed by atoms with Gasteiger partial charge in [0.25, 0.3) is 0 Å². The molecule has 108 valence electrons. The molecule has 2 atom stereocenters. The topological polar surface area (TPSA) is 92.4 Å². The van der Waals surface area contributed by atoms with Crippen LogP contribution in [0.2, 0.25) is 0 Å². The van der Waals surface area contributed by atoms with E-state index in [0.29, 0.717) is 6.42 Å². The van der Waals surface area contributed by atoms with Crippen LogP contribution in [0.15, 0.2) is 18.2 Å². The van der Waals surface area contributed by atoms with Crippen LogP contribution in [0.4, 0.5) is 10.1 Å². The maximum absolute atomic E-state index is 13.1. The maximum Gasteiger partial charge on any atom is 0.337 e. The van der Waals surface area contributed by atoms with Crippen LogP contribution in [-0.2, 0) is 4.79 Å². The fourth-order valence-corrected chi connectivity index (χ4v) is 2.51. The Labute approximate surface area is 116 Å². The summed E-state index contributed by atoms with van der Waals surface area (Å²) in [6.07, 6.45) is 3.41. The zero-order valence-corrected chi connectivity index (χ0v) is 10.9.